The van der Waals surface area contributed by atoms with Crippen LogP contribution in [0.4, 0.5) is 0 Å². The monoisotopic (exact) mass is 196 g/mol. The maximum absolute atomic E-state index is 11.3. The Labute approximate surface area is 81.3 Å². The average Bonchev–Trinajstić information content (AvgIpc) is 2.72. The standard InChI is InChI=1S/C8H12N4O2/c1-12-4-7(8(13)11-12)10-3-6-2-9-5-14-6/h2,5,7,10H,3-4H2,1H3,(H,11,13). The highest BCUT2D eigenvalue weighted by Gasteiger charge is 2.27. The quantitative estimate of drug-likeness (QED) is 0.656. The molecule has 6 nitrogen and oxygen atoms in total. The van der Waals surface area contributed by atoms with Crippen LogP contribution in [0.1, 0.15) is 5.76 Å². The van der Waals surface area contributed by atoms with Crippen molar-refractivity contribution < 1.29 is 9.21 Å². The van der Waals surface area contributed by atoms with E-state index in [0.29, 0.717) is 13.1 Å². The number of oxazole rings is 1. The van der Waals surface area contributed by atoms with Gasteiger partial charge in [-0.1, -0.05) is 0 Å². The number of hydrazine groups is 1. The molecule has 2 rings (SSSR count). The molecule has 1 amide bonds. The lowest BCUT2D eigenvalue weighted by molar-refractivity contribution is -0.122. The smallest absolute Gasteiger partial charge is 0.252 e. The predicted molar refractivity (Wildman–Crippen MR) is 47.9 cm³/mol. The van der Waals surface area contributed by atoms with E-state index in [0.717, 1.165) is 5.76 Å². The van der Waals surface area contributed by atoms with Crippen LogP contribution in [0, 0.1) is 0 Å². The molecule has 1 aromatic heterocycles. The summed E-state index contributed by atoms with van der Waals surface area (Å²) in [5.41, 5.74) is 2.68. The van der Waals surface area contributed by atoms with E-state index in [-0.39, 0.29) is 11.9 Å². The summed E-state index contributed by atoms with van der Waals surface area (Å²) in [5, 5.41) is 4.83. The van der Waals surface area contributed by atoms with E-state index >= 15 is 0 Å². The molecule has 1 unspecified atom stereocenters. The Kier molecular flexibility index (Phi) is 2.47. The minimum atomic E-state index is -0.176. The maximum atomic E-state index is 11.3. The highest BCUT2D eigenvalue weighted by molar-refractivity contribution is 5.83. The van der Waals surface area contributed by atoms with Crippen LogP contribution in [-0.2, 0) is 11.3 Å². The molecule has 0 radical (unpaired) electrons. The Bertz CT molecular complexity index is 311. The van der Waals surface area contributed by atoms with E-state index in [1.165, 1.54) is 6.39 Å². The van der Waals surface area contributed by atoms with Gasteiger partial charge in [0.25, 0.3) is 5.91 Å². The van der Waals surface area contributed by atoms with Crippen molar-refractivity contribution in [2.24, 2.45) is 0 Å². The van der Waals surface area contributed by atoms with Gasteiger partial charge in [0.05, 0.1) is 12.7 Å². The first-order valence-corrected chi connectivity index (χ1v) is 4.38. The number of likely N-dealkylation sites (N-methyl/N-ethyl adjacent to an activating group) is 1. The molecule has 2 heterocycles. The number of hydrogen-bond donors (Lipinski definition) is 2. The molecule has 0 bridgehead atoms. The van der Waals surface area contributed by atoms with E-state index in [9.17, 15) is 4.79 Å². The molecule has 1 aliphatic rings. The van der Waals surface area contributed by atoms with E-state index in [1.807, 2.05) is 7.05 Å². The van der Waals surface area contributed by atoms with Crippen LogP contribution in [0.5, 0.6) is 0 Å². The summed E-state index contributed by atoms with van der Waals surface area (Å²) in [7, 11) is 1.83. The summed E-state index contributed by atoms with van der Waals surface area (Å²) in [5.74, 6) is 0.722. The van der Waals surface area contributed by atoms with Gasteiger partial charge in [-0.25, -0.2) is 9.99 Å². The van der Waals surface area contributed by atoms with Gasteiger partial charge in [-0.3, -0.25) is 15.5 Å². The lowest BCUT2D eigenvalue weighted by atomic mass is 10.3. The van der Waals surface area contributed by atoms with E-state index < -0.39 is 0 Å². The van der Waals surface area contributed by atoms with Crippen LogP contribution in [-0.4, -0.2) is 35.5 Å². The number of nitrogens with one attached hydrogen (secondary N) is 2. The molecule has 1 aliphatic heterocycles. The second-order valence-corrected chi connectivity index (χ2v) is 3.26. The van der Waals surface area contributed by atoms with Gasteiger partial charge in [-0.15, -0.1) is 0 Å². The Morgan fingerprint density at radius 1 is 1.86 bits per heavy atom. The van der Waals surface area contributed by atoms with Gasteiger partial charge in [0, 0.05) is 13.6 Å². The molecule has 1 aromatic rings. The summed E-state index contributed by atoms with van der Waals surface area (Å²) in [6, 6.07) is -0.176. The molecular weight excluding hydrogens is 184 g/mol. The van der Waals surface area contributed by atoms with Gasteiger partial charge in [0.2, 0.25) is 0 Å². The van der Waals surface area contributed by atoms with Gasteiger partial charge >= 0.3 is 0 Å². The summed E-state index contributed by atoms with van der Waals surface area (Å²) in [6.07, 6.45) is 3.00. The van der Waals surface area contributed by atoms with Gasteiger partial charge < -0.3 is 4.42 Å². The molecule has 14 heavy (non-hydrogen) atoms. The minimum Gasteiger partial charge on any atom is -0.447 e. The number of nitrogens with zero attached hydrogens (tertiary/aromatic N) is 2. The van der Waals surface area contributed by atoms with Gasteiger partial charge in [0.15, 0.2) is 6.39 Å². The van der Waals surface area contributed by atoms with Crippen LogP contribution in [0.15, 0.2) is 17.0 Å². The number of carbonyl (C=O) groups is 1. The Morgan fingerprint density at radius 3 is 3.29 bits per heavy atom. The van der Waals surface area contributed by atoms with Crippen LogP contribution in [0.25, 0.3) is 0 Å². The largest absolute Gasteiger partial charge is 0.447 e. The van der Waals surface area contributed by atoms with Gasteiger partial charge in [0.1, 0.15) is 11.8 Å². The normalized spacial score (nSPS) is 22.6. The summed E-state index contributed by atoms with van der Waals surface area (Å²) >= 11 is 0. The zero-order chi connectivity index (χ0) is 9.97. The molecule has 0 aromatic carbocycles. The van der Waals surface area contributed by atoms with Crippen LogP contribution in [0.3, 0.4) is 0 Å². The summed E-state index contributed by atoms with van der Waals surface area (Å²) in [6.45, 7) is 1.18. The van der Waals surface area contributed by atoms with Crippen molar-refractivity contribution in [3.8, 4) is 0 Å². The average molecular weight is 196 g/mol. The second-order valence-electron chi connectivity index (χ2n) is 3.26. The number of carbonyl (C=O) groups excluding carboxylic acids is 1. The molecule has 1 fully saturated rings. The van der Waals surface area contributed by atoms with Gasteiger partial charge in [-0.2, -0.15) is 0 Å². The van der Waals surface area contributed by atoms with E-state index in [1.54, 1.807) is 11.2 Å². The molecule has 1 atom stereocenters. The maximum Gasteiger partial charge on any atom is 0.252 e. The number of rotatable bonds is 3. The van der Waals surface area contributed by atoms with Gasteiger partial charge in [-0.05, 0) is 0 Å². The second kappa shape index (κ2) is 3.77. The zero-order valence-electron chi connectivity index (χ0n) is 7.86. The molecule has 0 saturated carbocycles. The topological polar surface area (TPSA) is 70.4 Å². The fraction of sp³-hybridized carbons (Fsp3) is 0.500. The van der Waals surface area contributed by atoms with Crippen molar-refractivity contribution in [1.29, 1.82) is 0 Å². The fourth-order valence-corrected chi connectivity index (χ4v) is 1.38. The lowest BCUT2D eigenvalue weighted by Crippen LogP contribution is -2.37. The summed E-state index contributed by atoms with van der Waals surface area (Å²) < 4.78 is 5.04. The van der Waals surface area contributed by atoms with Crippen molar-refractivity contribution in [3.05, 3.63) is 18.4 Å². The van der Waals surface area contributed by atoms with Crippen molar-refractivity contribution in [2.45, 2.75) is 12.6 Å². The van der Waals surface area contributed by atoms with Crippen molar-refractivity contribution >= 4 is 5.91 Å². The third-order valence-electron chi connectivity index (χ3n) is 2.08. The third-order valence-corrected chi connectivity index (χ3v) is 2.08. The Balaban J connectivity index is 1.84. The highest BCUT2D eigenvalue weighted by Crippen LogP contribution is 2.00. The molecule has 0 spiro atoms. The SMILES string of the molecule is CN1CC(NCc2cnco2)C(=O)N1. The lowest BCUT2D eigenvalue weighted by Gasteiger charge is -2.07. The van der Waals surface area contributed by atoms with E-state index in [4.69, 9.17) is 4.42 Å². The Morgan fingerprint density at radius 2 is 2.71 bits per heavy atom. The number of aromatic nitrogens is 1. The molecule has 0 aliphatic carbocycles. The Hall–Kier alpha value is -1.40. The molecular formula is C8H12N4O2. The minimum absolute atomic E-state index is 0.00739. The predicted octanol–water partition coefficient (Wildman–Crippen LogP) is -0.891. The van der Waals surface area contributed by atoms with Crippen molar-refractivity contribution in [3.63, 3.8) is 0 Å². The highest BCUT2D eigenvalue weighted by atomic mass is 16.3. The van der Waals surface area contributed by atoms with Crippen molar-refractivity contribution in [1.82, 2.24) is 20.7 Å². The van der Waals surface area contributed by atoms with Crippen LogP contribution in [0.2, 0.25) is 0 Å². The third kappa shape index (κ3) is 1.91. The molecule has 76 valence electrons. The van der Waals surface area contributed by atoms with Crippen LogP contribution < -0.4 is 10.7 Å². The zero-order valence-corrected chi connectivity index (χ0v) is 7.86. The van der Waals surface area contributed by atoms with Crippen molar-refractivity contribution in [2.75, 3.05) is 13.6 Å². The fourth-order valence-electron chi connectivity index (χ4n) is 1.38. The van der Waals surface area contributed by atoms with Crippen LogP contribution >= 0.6 is 0 Å². The first-order valence-electron chi connectivity index (χ1n) is 4.38. The molecule has 1 saturated heterocycles. The molecule has 6 heteroatoms. The molecule has 2 N–H and O–H groups in total. The number of hydrogen-bond acceptors (Lipinski definition) is 5. The summed E-state index contributed by atoms with van der Waals surface area (Å²) in [4.78, 5) is 15.1. The first kappa shape index (κ1) is 9.17. The first-order chi connectivity index (χ1) is 6.75. The van der Waals surface area contributed by atoms with E-state index in [2.05, 4.69) is 15.7 Å². The number of amides is 1.